The molecule has 1 aromatic heterocycles. The summed E-state index contributed by atoms with van der Waals surface area (Å²) in [5.41, 5.74) is 2.60. The molecule has 0 aliphatic heterocycles. The van der Waals surface area contributed by atoms with Crippen LogP contribution in [0.3, 0.4) is 0 Å². The number of nitriles is 1. The average Bonchev–Trinajstić information content (AvgIpc) is 2.58. The second kappa shape index (κ2) is 6.42. The quantitative estimate of drug-likeness (QED) is 0.653. The van der Waals surface area contributed by atoms with Gasteiger partial charge >= 0.3 is 0 Å². The maximum absolute atomic E-state index is 8.95. The van der Waals surface area contributed by atoms with Gasteiger partial charge in [0.25, 0.3) is 0 Å². The van der Waals surface area contributed by atoms with Crippen molar-refractivity contribution in [2.24, 2.45) is 0 Å². The Balaban J connectivity index is 2.10. The van der Waals surface area contributed by atoms with Gasteiger partial charge in [-0.3, -0.25) is 4.90 Å². The first kappa shape index (κ1) is 14.3. The molecule has 0 unspecified atom stereocenters. The molecule has 0 fully saturated rings. The van der Waals surface area contributed by atoms with Crippen LogP contribution in [0.2, 0.25) is 0 Å². The summed E-state index contributed by atoms with van der Waals surface area (Å²) < 4.78 is 1.03. The molecule has 3 aromatic rings. The van der Waals surface area contributed by atoms with Gasteiger partial charge in [-0.05, 0) is 60.7 Å². The van der Waals surface area contributed by atoms with E-state index in [1.807, 2.05) is 71.6 Å². The first-order valence-corrected chi connectivity index (χ1v) is 7.54. The van der Waals surface area contributed by atoms with Crippen molar-refractivity contribution in [1.82, 2.24) is 4.98 Å². The fourth-order valence-electron chi connectivity index (χ4n) is 2.17. The maximum Gasteiger partial charge on any atom is 0.137 e. The second-order valence-electron chi connectivity index (χ2n) is 4.66. The lowest BCUT2D eigenvalue weighted by Gasteiger charge is -2.24. The van der Waals surface area contributed by atoms with Crippen LogP contribution < -0.4 is 4.90 Å². The number of hydrogen-bond donors (Lipinski definition) is 0. The zero-order valence-corrected chi connectivity index (χ0v) is 13.2. The van der Waals surface area contributed by atoms with Crippen molar-refractivity contribution in [1.29, 1.82) is 5.26 Å². The third-order valence-electron chi connectivity index (χ3n) is 3.22. The van der Waals surface area contributed by atoms with Crippen LogP contribution in [0.4, 0.5) is 17.2 Å². The van der Waals surface area contributed by atoms with Gasteiger partial charge in [0.2, 0.25) is 0 Å². The molecular formula is C18H12BrN3. The summed E-state index contributed by atoms with van der Waals surface area (Å²) in [7, 11) is 0. The number of benzene rings is 2. The van der Waals surface area contributed by atoms with Crippen LogP contribution in [0.5, 0.6) is 0 Å². The number of halogens is 1. The van der Waals surface area contributed by atoms with Gasteiger partial charge in [-0.15, -0.1) is 0 Å². The Kier molecular flexibility index (Phi) is 4.17. The molecule has 0 saturated heterocycles. The summed E-state index contributed by atoms with van der Waals surface area (Å²) in [6, 6.07) is 23.5. The molecule has 0 radical (unpaired) electrons. The molecule has 3 rings (SSSR count). The van der Waals surface area contributed by atoms with Crippen molar-refractivity contribution < 1.29 is 0 Å². The Labute approximate surface area is 137 Å². The molecule has 0 amide bonds. The van der Waals surface area contributed by atoms with Gasteiger partial charge in [-0.1, -0.05) is 22.0 Å². The number of nitrogens with zero attached hydrogens (tertiary/aromatic N) is 3. The summed E-state index contributed by atoms with van der Waals surface area (Å²) in [4.78, 5) is 6.50. The normalized spacial score (nSPS) is 10.0. The van der Waals surface area contributed by atoms with Crippen molar-refractivity contribution in [3.63, 3.8) is 0 Å². The van der Waals surface area contributed by atoms with E-state index >= 15 is 0 Å². The molecule has 106 valence electrons. The maximum atomic E-state index is 8.95. The highest BCUT2D eigenvalue weighted by Gasteiger charge is 2.12. The lowest BCUT2D eigenvalue weighted by atomic mass is 10.2. The van der Waals surface area contributed by atoms with E-state index < -0.39 is 0 Å². The van der Waals surface area contributed by atoms with Gasteiger partial charge in [-0.25, -0.2) is 4.98 Å². The van der Waals surface area contributed by atoms with Crippen molar-refractivity contribution in [3.05, 3.63) is 83.0 Å². The van der Waals surface area contributed by atoms with Gasteiger partial charge in [0, 0.05) is 22.0 Å². The van der Waals surface area contributed by atoms with Crippen molar-refractivity contribution in [2.75, 3.05) is 4.90 Å². The van der Waals surface area contributed by atoms with Gasteiger partial charge < -0.3 is 0 Å². The van der Waals surface area contributed by atoms with E-state index in [0.29, 0.717) is 5.56 Å². The molecule has 0 aliphatic rings. The van der Waals surface area contributed by atoms with Crippen LogP contribution in [0.25, 0.3) is 0 Å². The summed E-state index contributed by atoms with van der Waals surface area (Å²) in [6.07, 6.45) is 1.77. The van der Waals surface area contributed by atoms with Crippen LogP contribution in [-0.4, -0.2) is 4.98 Å². The molecule has 0 atom stereocenters. The van der Waals surface area contributed by atoms with Gasteiger partial charge in [-0.2, -0.15) is 5.26 Å². The summed E-state index contributed by atoms with van der Waals surface area (Å²) in [5.74, 6) is 0.828. The Morgan fingerprint density at radius 2 is 1.50 bits per heavy atom. The van der Waals surface area contributed by atoms with Crippen molar-refractivity contribution in [3.8, 4) is 6.07 Å². The zero-order chi connectivity index (χ0) is 15.4. The summed E-state index contributed by atoms with van der Waals surface area (Å²) in [6.45, 7) is 0. The number of aromatic nitrogens is 1. The number of pyridine rings is 1. The lowest BCUT2D eigenvalue weighted by molar-refractivity contribution is 1.18. The van der Waals surface area contributed by atoms with E-state index in [-0.39, 0.29) is 0 Å². The van der Waals surface area contributed by atoms with Gasteiger partial charge in [0.05, 0.1) is 11.6 Å². The Hall–Kier alpha value is -2.64. The van der Waals surface area contributed by atoms with Gasteiger partial charge in [0.15, 0.2) is 0 Å². The standard InChI is InChI=1S/C18H12BrN3/c19-15-6-10-17(11-7-15)22(18-3-1-2-12-21-18)16-8-4-14(13-20)5-9-16/h1-12H. The molecule has 0 bridgehead atoms. The van der Waals surface area contributed by atoms with Crippen LogP contribution in [-0.2, 0) is 0 Å². The van der Waals surface area contributed by atoms with E-state index in [0.717, 1.165) is 21.7 Å². The first-order valence-electron chi connectivity index (χ1n) is 6.75. The Bertz CT molecular complexity index is 790. The topological polar surface area (TPSA) is 39.9 Å². The Morgan fingerprint density at radius 3 is 2.05 bits per heavy atom. The molecule has 4 heteroatoms. The molecule has 0 spiro atoms. The molecule has 0 N–H and O–H groups in total. The smallest absolute Gasteiger partial charge is 0.137 e. The molecule has 0 saturated carbocycles. The number of hydrogen-bond acceptors (Lipinski definition) is 3. The largest absolute Gasteiger partial charge is 0.295 e. The third kappa shape index (κ3) is 3.00. The molecule has 2 aromatic carbocycles. The highest BCUT2D eigenvalue weighted by Crippen LogP contribution is 2.33. The number of rotatable bonds is 3. The minimum absolute atomic E-state index is 0.639. The molecule has 0 aliphatic carbocycles. The summed E-state index contributed by atoms with van der Waals surface area (Å²) in [5, 5.41) is 8.95. The van der Waals surface area contributed by atoms with E-state index in [9.17, 15) is 0 Å². The minimum atomic E-state index is 0.639. The Morgan fingerprint density at radius 1 is 0.864 bits per heavy atom. The van der Waals surface area contributed by atoms with Crippen LogP contribution in [0.15, 0.2) is 77.4 Å². The third-order valence-corrected chi connectivity index (χ3v) is 3.75. The van der Waals surface area contributed by atoms with E-state index in [1.165, 1.54) is 0 Å². The van der Waals surface area contributed by atoms with E-state index in [4.69, 9.17) is 5.26 Å². The van der Waals surface area contributed by atoms with E-state index in [1.54, 1.807) is 6.20 Å². The highest BCUT2D eigenvalue weighted by molar-refractivity contribution is 9.10. The monoisotopic (exact) mass is 349 g/mol. The van der Waals surface area contributed by atoms with Gasteiger partial charge in [0.1, 0.15) is 5.82 Å². The zero-order valence-electron chi connectivity index (χ0n) is 11.6. The average molecular weight is 350 g/mol. The van der Waals surface area contributed by atoms with Crippen LogP contribution >= 0.6 is 15.9 Å². The lowest BCUT2D eigenvalue weighted by Crippen LogP contribution is -2.11. The molecule has 3 nitrogen and oxygen atoms in total. The fourth-order valence-corrected chi connectivity index (χ4v) is 2.44. The molecular weight excluding hydrogens is 338 g/mol. The first-order chi connectivity index (χ1) is 10.8. The fraction of sp³-hybridized carbons (Fsp3) is 0. The molecule has 22 heavy (non-hydrogen) atoms. The highest BCUT2D eigenvalue weighted by atomic mass is 79.9. The van der Waals surface area contributed by atoms with E-state index in [2.05, 4.69) is 27.0 Å². The predicted octanol–water partition coefficient (Wildman–Crippen LogP) is 5.19. The minimum Gasteiger partial charge on any atom is -0.295 e. The second-order valence-corrected chi connectivity index (χ2v) is 5.57. The predicted molar refractivity (Wildman–Crippen MR) is 91.3 cm³/mol. The van der Waals surface area contributed by atoms with Crippen LogP contribution in [0, 0.1) is 11.3 Å². The van der Waals surface area contributed by atoms with Crippen molar-refractivity contribution in [2.45, 2.75) is 0 Å². The van der Waals surface area contributed by atoms with Crippen LogP contribution in [0.1, 0.15) is 5.56 Å². The summed E-state index contributed by atoms with van der Waals surface area (Å²) >= 11 is 3.46. The molecule has 1 heterocycles. The number of anilines is 3. The SMILES string of the molecule is N#Cc1ccc(N(c2ccc(Br)cc2)c2ccccn2)cc1. The van der Waals surface area contributed by atoms with Crippen molar-refractivity contribution >= 4 is 33.1 Å².